The zero-order valence-electron chi connectivity index (χ0n) is 9.34. The molecule has 5 nitrogen and oxygen atoms in total. The Morgan fingerprint density at radius 2 is 2.25 bits per heavy atom. The zero-order valence-corrected chi connectivity index (χ0v) is 9.34. The Kier molecular flexibility index (Phi) is 2.87. The predicted octanol–water partition coefficient (Wildman–Crippen LogP) is 1.21. The molecular formula is C11H14N4O. The van der Waals surface area contributed by atoms with E-state index in [1.807, 2.05) is 31.3 Å². The minimum absolute atomic E-state index is 0.450. The van der Waals surface area contributed by atoms with E-state index >= 15 is 0 Å². The summed E-state index contributed by atoms with van der Waals surface area (Å²) in [6.07, 6.45) is 0. The Labute approximate surface area is 93.9 Å². The van der Waals surface area contributed by atoms with E-state index in [-0.39, 0.29) is 0 Å². The van der Waals surface area contributed by atoms with Crippen LogP contribution in [-0.2, 0) is 18.4 Å². The number of anilines is 1. The summed E-state index contributed by atoms with van der Waals surface area (Å²) in [7, 11) is 3.48. The summed E-state index contributed by atoms with van der Waals surface area (Å²) in [5.41, 5.74) is 7.33. The molecule has 0 saturated heterocycles. The van der Waals surface area contributed by atoms with Crippen LogP contribution in [-0.4, -0.2) is 21.9 Å². The Bertz CT molecular complexity index is 492. The molecule has 2 N–H and O–H groups in total. The number of aromatic nitrogens is 3. The van der Waals surface area contributed by atoms with Gasteiger partial charge in [0.2, 0.25) is 0 Å². The van der Waals surface area contributed by atoms with Crippen LogP contribution in [0.3, 0.4) is 0 Å². The fourth-order valence-corrected chi connectivity index (χ4v) is 1.47. The van der Waals surface area contributed by atoms with Gasteiger partial charge in [0.1, 0.15) is 6.61 Å². The van der Waals surface area contributed by atoms with Gasteiger partial charge >= 0.3 is 0 Å². The number of aryl methyl sites for hydroxylation is 1. The van der Waals surface area contributed by atoms with Gasteiger partial charge < -0.3 is 10.5 Å². The largest absolute Gasteiger partial charge is 0.399 e. The van der Waals surface area contributed by atoms with Gasteiger partial charge in [0.05, 0.1) is 0 Å². The molecular weight excluding hydrogens is 204 g/mol. The highest BCUT2D eigenvalue weighted by Gasteiger charge is 2.08. The first-order chi connectivity index (χ1) is 7.70. The van der Waals surface area contributed by atoms with Gasteiger partial charge in [-0.25, -0.2) is 4.98 Å². The average molecular weight is 218 g/mol. The topological polar surface area (TPSA) is 66.0 Å². The highest BCUT2D eigenvalue weighted by Crippen LogP contribution is 2.18. The van der Waals surface area contributed by atoms with E-state index in [2.05, 4.69) is 10.1 Å². The number of rotatable bonds is 3. The fraction of sp³-hybridized carbons (Fsp3) is 0.273. The molecule has 0 amide bonds. The average Bonchev–Trinajstić information content (AvgIpc) is 2.61. The van der Waals surface area contributed by atoms with Gasteiger partial charge in [0, 0.05) is 25.4 Å². The second-order valence-corrected chi connectivity index (χ2v) is 3.53. The number of benzene rings is 1. The summed E-state index contributed by atoms with van der Waals surface area (Å²) in [4.78, 5) is 4.38. The lowest BCUT2D eigenvalue weighted by Gasteiger charge is -1.96. The van der Waals surface area contributed by atoms with Crippen molar-refractivity contribution in [3.05, 3.63) is 30.1 Å². The summed E-state index contributed by atoms with van der Waals surface area (Å²) in [5.74, 6) is 1.46. The Morgan fingerprint density at radius 1 is 1.44 bits per heavy atom. The normalized spacial score (nSPS) is 10.6. The molecule has 1 aromatic heterocycles. The van der Waals surface area contributed by atoms with E-state index in [9.17, 15) is 0 Å². The third kappa shape index (κ3) is 2.04. The minimum atomic E-state index is 0.450. The van der Waals surface area contributed by atoms with Crippen LogP contribution in [0.5, 0.6) is 0 Å². The van der Waals surface area contributed by atoms with Gasteiger partial charge in [0.15, 0.2) is 11.6 Å². The van der Waals surface area contributed by atoms with Gasteiger partial charge in [0.25, 0.3) is 0 Å². The molecule has 0 aliphatic carbocycles. The van der Waals surface area contributed by atoms with Crippen molar-refractivity contribution >= 4 is 5.69 Å². The van der Waals surface area contributed by atoms with Crippen molar-refractivity contribution < 1.29 is 4.74 Å². The van der Waals surface area contributed by atoms with Crippen molar-refractivity contribution in [3.8, 4) is 11.4 Å². The molecule has 0 radical (unpaired) electrons. The quantitative estimate of drug-likeness (QED) is 0.786. The summed E-state index contributed by atoms with van der Waals surface area (Å²) < 4.78 is 6.74. The van der Waals surface area contributed by atoms with Crippen molar-refractivity contribution in [1.82, 2.24) is 14.8 Å². The molecule has 0 atom stereocenters. The number of nitrogens with two attached hydrogens (primary N) is 1. The second-order valence-electron chi connectivity index (χ2n) is 3.53. The van der Waals surface area contributed by atoms with Gasteiger partial charge in [-0.2, -0.15) is 5.10 Å². The molecule has 1 aromatic carbocycles. The summed E-state index contributed by atoms with van der Waals surface area (Å²) in [6, 6.07) is 7.51. The molecule has 0 bridgehead atoms. The van der Waals surface area contributed by atoms with Crippen LogP contribution >= 0.6 is 0 Å². The van der Waals surface area contributed by atoms with E-state index in [4.69, 9.17) is 10.5 Å². The lowest BCUT2D eigenvalue weighted by Crippen LogP contribution is -2.00. The van der Waals surface area contributed by atoms with Crippen LogP contribution in [0.1, 0.15) is 5.82 Å². The number of hydrogen-bond acceptors (Lipinski definition) is 4. The number of methoxy groups -OCH3 is 1. The molecule has 1 heterocycles. The third-order valence-corrected chi connectivity index (χ3v) is 2.27. The number of ether oxygens (including phenoxy) is 1. The maximum absolute atomic E-state index is 5.71. The Balaban J connectivity index is 2.37. The Hall–Kier alpha value is -1.88. The van der Waals surface area contributed by atoms with Gasteiger partial charge in [-0.15, -0.1) is 0 Å². The standard InChI is InChI=1S/C11H14N4O/c1-15-10(7-16-2)13-11(14-15)8-4-3-5-9(12)6-8/h3-6H,7,12H2,1-2H3. The zero-order chi connectivity index (χ0) is 11.5. The molecule has 0 spiro atoms. The van der Waals surface area contributed by atoms with Crippen LogP contribution in [0, 0.1) is 0 Å². The summed E-state index contributed by atoms with van der Waals surface area (Å²) in [5, 5.41) is 4.31. The SMILES string of the molecule is COCc1nc(-c2cccc(N)c2)nn1C. The van der Waals surface area contributed by atoms with Crippen molar-refractivity contribution in [1.29, 1.82) is 0 Å². The minimum Gasteiger partial charge on any atom is -0.399 e. The second kappa shape index (κ2) is 4.32. The van der Waals surface area contributed by atoms with Crippen LogP contribution in [0.2, 0.25) is 0 Å². The van der Waals surface area contributed by atoms with E-state index in [0.29, 0.717) is 18.1 Å². The van der Waals surface area contributed by atoms with E-state index in [0.717, 1.165) is 11.4 Å². The molecule has 2 rings (SSSR count). The van der Waals surface area contributed by atoms with Crippen LogP contribution in [0.25, 0.3) is 11.4 Å². The number of hydrogen-bond donors (Lipinski definition) is 1. The monoisotopic (exact) mass is 218 g/mol. The lowest BCUT2D eigenvalue weighted by molar-refractivity contribution is 0.174. The number of nitrogens with zero attached hydrogens (tertiary/aromatic N) is 3. The predicted molar refractivity (Wildman–Crippen MR) is 61.6 cm³/mol. The van der Waals surface area contributed by atoms with E-state index in [1.165, 1.54) is 0 Å². The number of nitrogen functional groups attached to an aromatic ring is 1. The smallest absolute Gasteiger partial charge is 0.181 e. The van der Waals surface area contributed by atoms with Crippen molar-refractivity contribution in [2.45, 2.75) is 6.61 Å². The Morgan fingerprint density at radius 3 is 2.94 bits per heavy atom. The molecule has 0 aliphatic heterocycles. The molecule has 2 aromatic rings. The van der Waals surface area contributed by atoms with Crippen LogP contribution in [0.15, 0.2) is 24.3 Å². The fourth-order valence-electron chi connectivity index (χ4n) is 1.47. The molecule has 0 fully saturated rings. The first-order valence-corrected chi connectivity index (χ1v) is 4.95. The van der Waals surface area contributed by atoms with Crippen molar-refractivity contribution in [2.24, 2.45) is 7.05 Å². The lowest BCUT2D eigenvalue weighted by atomic mass is 10.2. The molecule has 0 unspecified atom stereocenters. The molecule has 0 saturated carbocycles. The first-order valence-electron chi connectivity index (χ1n) is 4.95. The van der Waals surface area contributed by atoms with Gasteiger partial charge in [-0.3, -0.25) is 4.68 Å². The first kappa shape index (κ1) is 10.6. The van der Waals surface area contributed by atoms with E-state index in [1.54, 1.807) is 11.8 Å². The highest BCUT2D eigenvalue weighted by atomic mass is 16.5. The summed E-state index contributed by atoms with van der Waals surface area (Å²) in [6.45, 7) is 0.450. The molecule has 0 aliphatic rings. The van der Waals surface area contributed by atoms with Crippen LogP contribution < -0.4 is 5.73 Å². The molecule has 84 valence electrons. The van der Waals surface area contributed by atoms with Gasteiger partial charge in [-0.1, -0.05) is 12.1 Å². The maximum Gasteiger partial charge on any atom is 0.181 e. The molecule has 5 heteroatoms. The maximum atomic E-state index is 5.71. The van der Waals surface area contributed by atoms with E-state index < -0.39 is 0 Å². The third-order valence-electron chi connectivity index (χ3n) is 2.27. The van der Waals surface area contributed by atoms with Crippen molar-refractivity contribution in [3.63, 3.8) is 0 Å². The van der Waals surface area contributed by atoms with Crippen molar-refractivity contribution in [2.75, 3.05) is 12.8 Å². The van der Waals surface area contributed by atoms with Crippen LogP contribution in [0.4, 0.5) is 5.69 Å². The highest BCUT2D eigenvalue weighted by molar-refractivity contribution is 5.60. The van der Waals surface area contributed by atoms with Gasteiger partial charge in [-0.05, 0) is 12.1 Å². The summed E-state index contributed by atoms with van der Waals surface area (Å²) >= 11 is 0. The molecule has 16 heavy (non-hydrogen) atoms.